The molecule has 3 rings (SSSR count). The van der Waals surface area contributed by atoms with Crippen LogP contribution < -0.4 is 10.2 Å². The largest absolute Gasteiger partial charge is 0.480 e. The van der Waals surface area contributed by atoms with E-state index >= 15 is 0 Å². The molecule has 1 saturated heterocycles. The molecule has 2 fully saturated rings. The van der Waals surface area contributed by atoms with Crippen LogP contribution in [0.4, 0.5) is 5.69 Å². The van der Waals surface area contributed by atoms with Crippen molar-refractivity contribution in [3.63, 3.8) is 0 Å². The smallest absolute Gasteiger partial charge is 0.319 e. The van der Waals surface area contributed by atoms with E-state index in [2.05, 4.69) is 5.32 Å². The molecule has 0 spiro atoms. The van der Waals surface area contributed by atoms with Gasteiger partial charge in [0.15, 0.2) is 0 Å². The number of benzene rings is 1. The van der Waals surface area contributed by atoms with E-state index in [-0.39, 0.29) is 5.91 Å². The fraction of sp³-hybridized carbons (Fsp3) is 0.471. The number of piperidine rings is 1. The molecule has 6 nitrogen and oxygen atoms in total. The predicted octanol–water partition coefficient (Wildman–Crippen LogP) is 1.47. The number of anilines is 1. The molecular weight excluding hydrogens is 296 g/mol. The van der Waals surface area contributed by atoms with Crippen molar-refractivity contribution >= 4 is 23.5 Å². The van der Waals surface area contributed by atoms with Crippen molar-refractivity contribution in [2.75, 3.05) is 11.4 Å². The second-order valence-electron chi connectivity index (χ2n) is 6.38. The Bertz CT molecular complexity index is 649. The Morgan fingerprint density at radius 3 is 2.48 bits per heavy atom. The van der Waals surface area contributed by atoms with Gasteiger partial charge in [-0.15, -0.1) is 0 Å². The van der Waals surface area contributed by atoms with Gasteiger partial charge < -0.3 is 15.3 Å². The van der Waals surface area contributed by atoms with Crippen LogP contribution in [-0.4, -0.2) is 35.5 Å². The van der Waals surface area contributed by atoms with Crippen molar-refractivity contribution in [3.05, 3.63) is 29.8 Å². The summed E-state index contributed by atoms with van der Waals surface area (Å²) in [6.07, 6.45) is 2.00. The maximum Gasteiger partial charge on any atom is 0.319 e. The highest BCUT2D eigenvalue weighted by Gasteiger charge is 2.57. The average molecular weight is 316 g/mol. The van der Waals surface area contributed by atoms with Gasteiger partial charge in [-0.2, -0.15) is 0 Å². The highest BCUT2D eigenvalue weighted by molar-refractivity contribution is 6.07. The van der Waals surface area contributed by atoms with E-state index in [0.29, 0.717) is 25.8 Å². The van der Waals surface area contributed by atoms with Gasteiger partial charge in [-0.05, 0) is 44.7 Å². The number of aliphatic carboxylic acids is 1. The Morgan fingerprint density at radius 2 is 1.91 bits per heavy atom. The Kier molecular flexibility index (Phi) is 3.83. The maximum absolute atomic E-state index is 12.6. The molecular formula is C17H20N2O4. The Hall–Kier alpha value is -2.37. The zero-order chi connectivity index (χ0) is 16.6. The molecule has 1 saturated carbocycles. The molecule has 1 aliphatic carbocycles. The van der Waals surface area contributed by atoms with Gasteiger partial charge >= 0.3 is 5.97 Å². The van der Waals surface area contributed by atoms with Gasteiger partial charge in [0, 0.05) is 12.2 Å². The first-order chi connectivity index (χ1) is 10.9. The number of carboxylic acids is 1. The number of nitrogens with zero attached hydrogens (tertiary/aromatic N) is 1. The number of amides is 2. The van der Waals surface area contributed by atoms with E-state index in [4.69, 9.17) is 5.11 Å². The normalized spacial score (nSPS) is 22.6. The van der Waals surface area contributed by atoms with Gasteiger partial charge in [-0.1, -0.05) is 17.7 Å². The second kappa shape index (κ2) is 5.68. The van der Waals surface area contributed by atoms with Crippen molar-refractivity contribution in [2.24, 2.45) is 5.41 Å². The van der Waals surface area contributed by atoms with Crippen LogP contribution in [0, 0.1) is 12.3 Å². The molecule has 122 valence electrons. The van der Waals surface area contributed by atoms with E-state index in [1.807, 2.05) is 31.2 Å². The molecule has 1 heterocycles. The van der Waals surface area contributed by atoms with Crippen LogP contribution in [0.15, 0.2) is 24.3 Å². The quantitative estimate of drug-likeness (QED) is 0.824. The van der Waals surface area contributed by atoms with Gasteiger partial charge in [0.25, 0.3) is 0 Å². The number of hydrogen-bond acceptors (Lipinski definition) is 3. The summed E-state index contributed by atoms with van der Waals surface area (Å²) in [5, 5.41) is 11.8. The molecule has 6 heteroatoms. The monoisotopic (exact) mass is 316 g/mol. The third-order valence-corrected chi connectivity index (χ3v) is 4.68. The van der Waals surface area contributed by atoms with E-state index in [9.17, 15) is 14.4 Å². The number of rotatable bonds is 4. The standard InChI is InChI=1S/C17H20N2O4/c1-11-4-6-12(7-5-11)19-10-2-3-13(14(19)20)18-15(21)17(8-9-17)16(22)23/h4-7,13H,2-3,8-10H2,1H3,(H,18,21)(H,22,23). The molecule has 2 amide bonds. The van der Waals surface area contributed by atoms with Crippen LogP contribution in [0.5, 0.6) is 0 Å². The SMILES string of the molecule is Cc1ccc(N2CCCC(NC(=O)C3(C(=O)O)CC3)C2=O)cc1. The Morgan fingerprint density at radius 1 is 1.26 bits per heavy atom. The highest BCUT2D eigenvalue weighted by Crippen LogP contribution is 2.46. The predicted molar refractivity (Wildman–Crippen MR) is 84.0 cm³/mol. The lowest BCUT2D eigenvalue weighted by Crippen LogP contribution is -2.54. The summed E-state index contributed by atoms with van der Waals surface area (Å²) in [5.41, 5.74) is 0.603. The van der Waals surface area contributed by atoms with Crippen LogP contribution in [0.3, 0.4) is 0 Å². The van der Waals surface area contributed by atoms with Gasteiger partial charge in [0.2, 0.25) is 11.8 Å². The van der Waals surface area contributed by atoms with Crippen molar-refractivity contribution in [2.45, 2.75) is 38.6 Å². The molecule has 0 aromatic heterocycles. The average Bonchev–Trinajstić information content (AvgIpc) is 3.32. The zero-order valence-corrected chi connectivity index (χ0v) is 13.0. The van der Waals surface area contributed by atoms with Crippen molar-refractivity contribution in [1.82, 2.24) is 5.32 Å². The highest BCUT2D eigenvalue weighted by atomic mass is 16.4. The fourth-order valence-electron chi connectivity index (χ4n) is 2.95. The lowest BCUT2D eigenvalue weighted by Gasteiger charge is -2.33. The number of carboxylic acid groups (broad SMARTS) is 1. The fourth-order valence-corrected chi connectivity index (χ4v) is 2.95. The summed E-state index contributed by atoms with van der Waals surface area (Å²) < 4.78 is 0. The molecule has 2 aliphatic rings. The van der Waals surface area contributed by atoms with E-state index in [1.165, 1.54) is 0 Å². The zero-order valence-electron chi connectivity index (χ0n) is 13.0. The summed E-state index contributed by atoms with van der Waals surface area (Å²) in [7, 11) is 0. The Labute approximate surface area is 134 Å². The van der Waals surface area contributed by atoms with Crippen LogP contribution in [0.2, 0.25) is 0 Å². The maximum atomic E-state index is 12.6. The summed E-state index contributed by atoms with van der Waals surface area (Å²) in [5.74, 6) is -1.81. The van der Waals surface area contributed by atoms with Crippen LogP contribution in [0.25, 0.3) is 0 Å². The van der Waals surface area contributed by atoms with Crippen LogP contribution in [-0.2, 0) is 14.4 Å². The molecule has 1 unspecified atom stereocenters. The molecule has 1 aromatic rings. The Balaban J connectivity index is 1.71. The van der Waals surface area contributed by atoms with E-state index < -0.39 is 23.3 Å². The molecule has 1 aromatic carbocycles. The van der Waals surface area contributed by atoms with Crippen molar-refractivity contribution in [1.29, 1.82) is 0 Å². The first-order valence-corrected chi connectivity index (χ1v) is 7.86. The van der Waals surface area contributed by atoms with Crippen LogP contribution in [0.1, 0.15) is 31.2 Å². The van der Waals surface area contributed by atoms with Gasteiger partial charge in [-0.3, -0.25) is 14.4 Å². The number of carbonyl (C=O) groups is 3. The molecule has 2 N–H and O–H groups in total. The minimum Gasteiger partial charge on any atom is -0.480 e. The van der Waals surface area contributed by atoms with Gasteiger partial charge in [0.05, 0.1) is 0 Å². The van der Waals surface area contributed by atoms with Gasteiger partial charge in [-0.25, -0.2) is 0 Å². The van der Waals surface area contributed by atoms with Gasteiger partial charge in [0.1, 0.15) is 11.5 Å². The number of carbonyl (C=O) groups excluding carboxylic acids is 2. The van der Waals surface area contributed by atoms with Crippen molar-refractivity contribution < 1.29 is 19.5 Å². The third-order valence-electron chi connectivity index (χ3n) is 4.68. The minimum absolute atomic E-state index is 0.172. The summed E-state index contributed by atoms with van der Waals surface area (Å²) >= 11 is 0. The summed E-state index contributed by atoms with van der Waals surface area (Å²) in [6.45, 7) is 2.59. The summed E-state index contributed by atoms with van der Waals surface area (Å²) in [4.78, 5) is 37.7. The minimum atomic E-state index is -1.31. The topological polar surface area (TPSA) is 86.7 Å². The molecule has 1 atom stereocenters. The van der Waals surface area contributed by atoms with E-state index in [0.717, 1.165) is 17.7 Å². The number of nitrogens with one attached hydrogen (secondary N) is 1. The lowest BCUT2D eigenvalue weighted by molar-refractivity contribution is -0.150. The second-order valence-corrected chi connectivity index (χ2v) is 6.38. The summed E-state index contributed by atoms with van der Waals surface area (Å²) in [6, 6.07) is 7.01. The van der Waals surface area contributed by atoms with E-state index in [1.54, 1.807) is 4.90 Å². The number of aryl methyl sites for hydroxylation is 1. The third kappa shape index (κ3) is 2.81. The van der Waals surface area contributed by atoms with Crippen LogP contribution >= 0.6 is 0 Å². The molecule has 23 heavy (non-hydrogen) atoms. The first kappa shape index (κ1) is 15.5. The molecule has 0 radical (unpaired) electrons. The lowest BCUT2D eigenvalue weighted by atomic mass is 10.0. The molecule has 1 aliphatic heterocycles. The first-order valence-electron chi connectivity index (χ1n) is 7.86. The van der Waals surface area contributed by atoms with Crippen molar-refractivity contribution in [3.8, 4) is 0 Å². The number of hydrogen-bond donors (Lipinski definition) is 2. The molecule has 0 bridgehead atoms.